The smallest absolute Gasteiger partial charge is 0.227 e. The van der Waals surface area contributed by atoms with Crippen molar-refractivity contribution in [2.75, 3.05) is 6.54 Å². The van der Waals surface area contributed by atoms with Crippen molar-refractivity contribution in [3.05, 3.63) is 64.8 Å². The molecule has 1 aliphatic carbocycles. The molecule has 2 heterocycles. The minimum atomic E-state index is -0.287. The quantitative estimate of drug-likeness (QED) is 0.387. The zero-order valence-electron chi connectivity index (χ0n) is 21.7. The highest BCUT2D eigenvalue weighted by Gasteiger charge is 2.40. The van der Waals surface area contributed by atoms with E-state index in [1.807, 2.05) is 10.4 Å². The van der Waals surface area contributed by atoms with Crippen LogP contribution in [0.15, 0.2) is 53.6 Å². The summed E-state index contributed by atoms with van der Waals surface area (Å²) < 4.78 is 0. The Morgan fingerprint density at radius 3 is 2.54 bits per heavy atom. The Kier molecular flexibility index (Phi) is 8.05. The van der Waals surface area contributed by atoms with Crippen LogP contribution in [-0.4, -0.2) is 34.2 Å². The monoisotopic (exact) mass is 490 g/mol. The fourth-order valence-corrected chi connectivity index (χ4v) is 6.52. The number of carbonyl (C=O) groups excluding carboxylic acids is 2. The number of hydrogen-bond donors (Lipinski definition) is 0. The predicted molar refractivity (Wildman–Crippen MR) is 144 cm³/mol. The van der Waals surface area contributed by atoms with Crippen LogP contribution in [0.1, 0.15) is 71.1 Å². The molecular weight excluding hydrogens is 452 g/mol. The van der Waals surface area contributed by atoms with E-state index >= 15 is 0 Å². The molecule has 0 radical (unpaired) electrons. The number of benzene rings is 1. The van der Waals surface area contributed by atoms with Gasteiger partial charge >= 0.3 is 0 Å². The summed E-state index contributed by atoms with van der Waals surface area (Å²) in [6, 6.07) is 8.28. The average Bonchev–Trinajstić information content (AvgIpc) is 3.59. The highest BCUT2D eigenvalue weighted by Crippen LogP contribution is 2.34. The maximum Gasteiger partial charge on any atom is 0.227 e. The van der Waals surface area contributed by atoms with E-state index in [0.717, 1.165) is 30.5 Å². The molecule has 1 fully saturated rings. The molecule has 0 spiro atoms. The van der Waals surface area contributed by atoms with Gasteiger partial charge < -0.3 is 4.90 Å². The molecule has 1 aromatic carbocycles. The zero-order chi connectivity index (χ0) is 25.1. The molecule has 4 rings (SSSR count). The lowest BCUT2D eigenvalue weighted by Gasteiger charge is -2.32. The van der Waals surface area contributed by atoms with Crippen LogP contribution >= 0.6 is 11.3 Å². The highest BCUT2D eigenvalue weighted by atomic mass is 32.1. The van der Waals surface area contributed by atoms with Crippen molar-refractivity contribution < 1.29 is 9.59 Å². The Bertz CT molecular complexity index is 1110. The normalized spacial score (nSPS) is 21.4. The van der Waals surface area contributed by atoms with Crippen LogP contribution in [0.5, 0.6) is 0 Å². The molecule has 2 aliphatic rings. The predicted octanol–water partition coefficient (Wildman–Crippen LogP) is 6.83. The summed E-state index contributed by atoms with van der Waals surface area (Å²) in [6.45, 7) is 11.2. The number of rotatable bonds is 9. The first kappa shape index (κ1) is 25.6. The van der Waals surface area contributed by atoms with Crippen LogP contribution < -0.4 is 0 Å². The number of likely N-dealkylation sites (tertiary alicyclic amines) is 1. The first-order valence-electron chi connectivity index (χ1n) is 13.0. The number of amides is 1. The highest BCUT2D eigenvalue weighted by molar-refractivity contribution is 7.13. The van der Waals surface area contributed by atoms with E-state index in [9.17, 15) is 9.59 Å². The summed E-state index contributed by atoms with van der Waals surface area (Å²) in [5.74, 6) is 0.694. The van der Waals surface area contributed by atoms with E-state index in [1.54, 1.807) is 11.3 Å². The standard InChI is InChI=1S/C30H38N2O2S/c1-6-25-29(35-18-31-25)23-13-11-22(12-14-23)21(5)17-27(33)26-8-7-15-32(26)30(34)28(19(2)3)24-10-9-20(4)16-24/h9-14,16,18-19,21,24,26,28H,6-8,15,17H2,1-5H3/t21-,24?,26+,28-/m1/s1. The summed E-state index contributed by atoms with van der Waals surface area (Å²) in [6.07, 6.45) is 9.51. The third-order valence-corrected chi connectivity index (χ3v) is 8.51. The Balaban J connectivity index is 1.43. The molecule has 35 heavy (non-hydrogen) atoms. The lowest BCUT2D eigenvalue weighted by Crippen LogP contribution is -2.46. The van der Waals surface area contributed by atoms with E-state index < -0.39 is 0 Å². The Labute approximate surface area is 214 Å². The SMILES string of the molecule is CCc1ncsc1-c1ccc([C@H](C)CC(=O)[C@@H]2CCCN2C(=O)[C@H](C(C)C)C2C=CC(C)=C2)cc1. The van der Waals surface area contributed by atoms with E-state index in [0.29, 0.717) is 13.0 Å². The van der Waals surface area contributed by atoms with Gasteiger partial charge in [0.25, 0.3) is 0 Å². The molecule has 1 saturated heterocycles. The van der Waals surface area contributed by atoms with Gasteiger partial charge in [0.2, 0.25) is 5.91 Å². The van der Waals surface area contributed by atoms with Crippen molar-refractivity contribution in [2.24, 2.45) is 17.8 Å². The molecule has 1 amide bonds. The Morgan fingerprint density at radius 1 is 1.17 bits per heavy atom. The summed E-state index contributed by atoms with van der Waals surface area (Å²) in [4.78, 5) is 34.7. The number of Topliss-reactive ketones (excluding diaryl/α,β-unsaturated/α-hetero) is 1. The summed E-state index contributed by atoms with van der Waals surface area (Å²) in [7, 11) is 0. The van der Waals surface area contributed by atoms with E-state index in [4.69, 9.17) is 0 Å². The van der Waals surface area contributed by atoms with E-state index in [-0.39, 0.29) is 41.4 Å². The minimum Gasteiger partial charge on any atom is -0.332 e. The minimum absolute atomic E-state index is 0.109. The fraction of sp³-hybridized carbons (Fsp3) is 0.500. The van der Waals surface area contributed by atoms with Crippen molar-refractivity contribution in [2.45, 2.75) is 72.3 Å². The largest absolute Gasteiger partial charge is 0.332 e. The van der Waals surface area contributed by atoms with Crippen molar-refractivity contribution >= 4 is 23.0 Å². The topological polar surface area (TPSA) is 50.3 Å². The van der Waals surface area contributed by atoms with Gasteiger partial charge in [-0.25, -0.2) is 4.98 Å². The van der Waals surface area contributed by atoms with Gasteiger partial charge in [-0.1, -0.05) is 75.8 Å². The number of nitrogens with zero attached hydrogens (tertiary/aromatic N) is 2. The van der Waals surface area contributed by atoms with Gasteiger partial charge in [-0.2, -0.15) is 0 Å². The van der Waals surface area contributed by atoms with Crippen molar-refractivity contribution in [1.82, 2.24) is 9.88 Å². The molecule has 0 bridgehead atoms. The zero-order valence-corrected chi connectivity index (χ0v) is 22.5. The van der Waals surface area contributed by atoms with Crippen LogP contribution in [-0.2, 0) is 16.0 Å². The molecule has 1 unspecified atom stereocenters. The molecule has 186 valence electrons. The van der Waals surface area contributed by atoms with Crippen LogP contribution in [0, 0.1) is 17.8 Å². The van der Waals surface area contributed by atoms with Crippen LogP contribution in [0.3, 0.4) is 0 Å². The van der Waals surface area contributed by atoms with Gasteiger partial charge in [0, 0.05) is 18.9 Å². The molecule has 1 aromatic heterocycles. The van der Waals surface area contributed by atoms with Gasteiger partial charge in [0.1, 0.15) is 0 Å². The van der Waals surface area contributed by atoms with E-state index in [1.165, 1.54) is 16.0 Å². The number of ketones is 1. The lowest BCUT2D eigenvalue weighted by molar-refractivity contribution is -0.143. The first-order valence-corrected chi connectivity index (χ1v) is 13.9. The van der Waals surface area contributed by atoms with Crippen molar-refractivity contribution in [3.63, 3.8) is 0 Å². The number of allylic oxidation sites excluding steroid dienone is 4. The number of carbonyl (C=O) groups is 2. The number of thiazole rings is 1. The van der Waals surface area contributed by atoms with Gasteiger partial charge in [-0.15, -0.1) is 11.3 Å². The number of hydrogen-bond acceptors (Lipinski definition) is 4. The molecule has 4 nitrogen and oxygen atoms in total. The van der Waals surface area contributed by atoms with Gasteiger partial charge in [0.15, 0.2) is 5.78 Å². The molecule has 0 saturated carbocycles. The van der Waals surface area contributed by atoms with Gasteiger partial charge in [0.05, 0.1) is 28.0 Å². The maximum atomic E-state index is 13.7. The van der Waals surface area contributed by atoms with Gasteiger partial charge in [-0.3, -0.25) is 9.59 Å². The van der Waals surface area contributed by atoms with Gasteiger partial charge in [-0.05, 0) is 49.1 Å². The Hall–Kier alpha value is -2.53. The molecule has 4 atom stereocenters. The molecule has 2 aromatic rings. The van der Waals surface area contributed by atoms with Crippen molar-refractivity contribution in [1.29, 1.82) is 0 Å². The van der Waals surface area contributed by atoms with Crippen LogP contribution in [0.2, 0.25) is 0 Å². The maximum absolute atomic E-state index is 13.7. The molecule has 1 aliphatic heterocycles. The van der Waals surface area contributed by atoms with Crippen LogP contribution in [0.4, 0.5) is 0 Å². The third kappa shape index (κ3) is 5.50. The fourth-order valence-electron chi connectivity index (χ4n) is 5.63. The molecular formula is C30H38N2O2S. The number of aromatic nitrogens is 1. The molecule has 0 N–H and O–H groups in total. The first-order chi connectivity index (χ1) is 16.8. The Morgan fingerprint density at radius 2 is 1.91 bits per heavy atom. The van der Waals surface area contributed by atoms with E-state index in [2.05, 4.69) is 82.1 Å². The summed E-state index contributed by atoms with van der Waals surface area (Å²) in [5.41, 5.74) is 6.60. The second-order valence-electron chi connectivity index (χ2n) is 10.5. The number of aryl methyl sites for hydroxylation is 1. The second-order valence-corrected chi connectivity index (χ2v) is 11.3. The average molecular weight is 491 g/mol. The second kappa shape index (κ2) is 11.0. The van der Waals surface area contributed by atoms with Crippen molar-refractivity contribution in [3.8, 4) is 10.4 Å². The molecule has 5 heteroatoms. The summed E-state index contributed by atoms with van der Waals surface area (Å²) in [5, 5.41) is 0. The lowest BCUT2D eigenvalue weighted by atomic mass is 9.82. The van der Waals surface area contributed by atoms with Crippen LogP contribution in [0.25, 0.3) is 10.4 Å². The third-order valence-electron chi connectivity index (χ3n) is 7.59. The summed E-state index contributed by atoms with van der Waals surface area (Å²) >= 11 is 1.67.